The topological polar surface area (TPSA) is 114 Å². The molecule has 2 aromatic carbocycles. The maximum atomic E-state index is 16.3. The first-order chi connectivity index (χ1) is 14.1. The van der Waals surface area contributed by atoms with Crippen LogP contribution in [0.5, 0.6) is 0 Å². The van der Waals surface area contributed by atoms with Gasteiger partial charge in [0.25, 0.3) is 0 Å². The second-order valence-electron chi connectivity index (χ2n) is 6.88. The largest absolute Gasteiger partial charge is 0.379 e. The van der Waals surface area contributed by atoms with Gasteiger partial charge in [-0.05, 0) is 36.8 Å². The number of halogens is 3. The van der Waals surface area contributed by atoms with Crippen LogP contribution >= 0.6 is 20.8 Å². The molecular weight excluding hydrogens is 433 g/mol. The van der Waals surface area contributed by atoms with Crippen LogP contribution in [0.1, 0.15) is 16.8 Å². The summed E-state index contributed by atoms with van der Waals surface area (Å²) in [5.41, 5.74) is -1.22. The second kappa shape index (κ2) is 8.35. The van der Waals surface area contributed by atoms with Gasteiger partial charge in [0.05, 0.1) is 23.8 Å². The van der Waals surface area contributed by atoms with Crippen molar-refractivity contribution in [1.82, 2.24) is 15.0 Å². The number of aromatic nitrogens is 2. The molecule has 0 aliphatic heterocycles. The smallest absolute Gasteiger partial charge is 0.200 e. The number of nitrogens with two attached hydrogens (primary N) is 2. The Morgan fingerprint density at radius 2 is 2.03 bits per heavy atom. The van der Waals surface area contributed by atoms with Crippen molar-refractivity contribution in [3.63, 3.8) is 0 Å². The summed E-state index contributed by atoms with van der Waals surface area (Å²) in [6.45, 7) is 1.28. The van der Waals surface area contributed by atoms with Crippen molar-refractivity contribution in [2.75, 3.05) is 6.54 Å². The number of aliphatic hydroxyl groups is 1. The van der Waals surface area contributed by atoms with Gasteiger partial charge in [-0.3, -0.25) is 9.99 Å². The Balaban J connectivity index is 2.19. The van der Waals surface area contributed by atoms with Crippen LogP contribution in [-0.2, 0) is 11.0 Å². The zero-order chi connectivity index (χ0) is 22.1. The Morgan fingerprint density at radius 3 is 2.70 bits per heavy atom. The highest BCUT2D eigenvalue weighted by Crippen LogP contribution is 2.49. The molecule has 0 amide bonds. The van der Waals surface area contributed by atoms with E-state index in [1.165, 1.54) is 18.3 Å². The van der Waals surface area contributed by atoms with Crippen molar-refractivity contribution in [2.24, 2.45) is 16.8 Å². The molecule has 0 radical (unpaired) electrons. The molecule has 0 spiro atoms. The quantitative estimate of drug-likeness (QED) is 0.174. The predicted molar refractivity (Wildman–Crippen MR) is 116 cm³/mol. The molecule has 3 aromatic rings. The molecule has 1 aromatic heterocycles. The number of aryl methyl sites for hydroxylation is 1. The number of hydrogen-bond acceptors (Lipinski definition) is 6. The summed E-state index contributed by atoms with van der Waals surface area (Å²) in [5.74, 6) is 9.92. The molecule has 30 heavy (non-hydrogen) atoms. The lowest BCUT2D eigenvalue weighted by Crippen LogP contribution is -2.53. The molecule has 0 aliphatic rings. The van der Waals surface area contributed by atoms with Crippen molar-refractivity contribution in [1.29, 1.82) is 0 Å². The molecule has 3 atom stereocenters. The lowest BCUT2D eigenvalue weighted by atomic mass is 9.85. The molecule has 0 saturated carbocycles. The van der Waals surface area contributed by atoms with E-state index in [2.05, 4.69) is 15.1 Å². The third kappa shape index (κ3) is 4.06. The summed E-state index contributed by atoms with van der Waals surface area (Å²) >= 11 is 5.82. The van der Waals surface area contributed by atoms with Gasteiger partial charge in [-0.2, -0.15) is 5.10 Å². The molecular formula is C19H20ClF2N6OP. The van der Waals surface area contributed by atoms with E-state index in [-0.39, 0.29) is 16.3 Å². The van der Waals surface area contributed by atoms with Crippen LogP contribution in [0.25, 0.3) is 11.0 Å². The highest BCUT2D eigenvalue weighted by Gasteiger charge is 2.54. The average Bonchev–Trinajstić information content (AvgIpc) is 2.67. The monoisotopic (exact) mass is 452 g/mol. The predicted octanol–water partition coefficient (Wildman–Crippen LogP) is 2.69. The third-order valence-electron chi connectivity index (χ3n) is 4.68. The van der Waals surface area contributed by atoms with E-state index >= 15 is 4.39 Å². The average molecular weight is 453 g/mol. The molecule has 3 rings (SSSR count). The molecule has 158 valence electrons. The van der Waals surface area contributed by atoms with E-state index in [4.69, 9.17) is 23.3 Å². The van der Waals surface area contributed by atoms with Gasteiger partial charge in [-0.1, -0.05) is 33.0 Å². The number of benzene rings is 2. The number of fused-ring (bicyclic) bond motifs is 1. The van der Waals surface area contributed by atoms with E-state index in [1.54, 1.807) is 18.2 Å². The van der Waals surface area contributed by atoms with Crippen LogP contribution in [0, 0.1) is 12.7 Å². The van der Waals surface area contributed by atoms with Crippen molar-refractivity contribution in [3.05, 3.63) is 70.3 Å². The van der Waals surface area contributed by atoms with E-state index in [1.807, 2.05) is 16.2 Å². The maximum Gasteiger partial charge on any atom is 0.200 e. The Labute approximate surface area is 178 Å². The standard InChI is InChI=1S/C19H20ClF2N6OP/c1-11-2-5-15-16(6-11)25-8-17(27-15)19(22,30)18(29,9-28(24)10-26-23)13-4-3-12(20)7-14(13)21/h2-8,10,29H,9,23-24,30H2,1H3/b26-10-. The number of hydrazone groups is 1. The highest BCUT2D eigenvalue weighted by molar-refractivity contribution is 7.18. The molecule has 3 unspecified atom stereocenters. The van der Waals surface area contributed by atoms with Crippen molar-refractivity contribution >= 4 is 38.2 Å². The molecule has 11 heteroatoms. The number of hydrazine groups is 1. The first-order valence-corrected chi connectivity index (χ1v) is 9.68. The van der Waals surface area contributed by atoms with Gasteiger partial charge < -0.3 is 10.9 Å². The van der Waals surface area contributed by atoms with Gasteiger partial charge in [0.1, 0.15) is 17.8 Å². The minimum absolute atomic E-state index is 0.0841. The van der Waals surface area contributed by atoms with E-state index in [0.29, 0.717) is 11.0 Å². The Hall–Kier alpha value is -2.45. The third-order valence-corrected chi connectivity index (χ3v) is 5.68. The van der Waals surface area contributed by atoms with Crippen LogP contribution in [0.2, 0.25) is 5.02 Å². The van der Waals surface area contributed by atoms with Gasteiger partial charge in [0.2, 0.25) is 5.41 Å². The summed E-state index contributed by atoms with van der Waals surface area (Å²) in [5, 5.41) is 12.9. The molecule has 0 fully saturated rings. The van der Waals surface area contributed by atoms with Gasteiger partial charge in [0.15, 0.2) is 5.60 Å². The first kappa shape index (κ1) is 22.2. The highest BCUT2D eigenvalue weighted by atomic mass is 35.5. The fraction of sp³-hybridized carbons (Fsp3) is 0.211. The van der Waals surface area contributed by atoms with Crippen molar-refractivity contribution in [3.8, 4) is 0 Å². The first-order valence-electron chi connectivity index (χ1n) is 8.73. The van der Waals surface area contributed by atoms with Crippen LogP contribution < -0.4 is 11.7 Å². The Bertz CT molecular complexity index is 1120. The van der Waals surface area contributed by atoms with Gasteiger partial charge >= 0.3 is 0 Å². The van der Waals surface area contributed by atoms with E-state index < -0.39 is 23.4 Å². The molecule has 0 bridgehead atoms. The van der Waals surface area contributed by atoms with Gasteiger partial charge in [-0.25, -0.2) is 19.6 Å². The van der Waals surface area contributed by atoms with Crippen molar-refractivity contribution < 1.29 is 13.9 Å². The Morgan fingerprint density at radius 1 is 1.30 bits per heavy atom. The minimum Gasteiger partial charge on any atom is -0.379 e. The number of nitrogens with zero attached hydrogens (tertiary/aromatic N) is 4. The van der Waals surface area contributed by atoms with Crippen LogP contribution in [0.4, 0.5) is 8.78 Å². The normalized spacial score (nSPS) is 15.8. The summed E-state index contributed by atoms with van der Waals surface area (Å²) in [6, 6.07) is 8.75. The van der Waals surface area contributed by atoms with Crippen LogP contribution in [0.15, 0.2) is 47.7 Å². The van der Waals surface area contributed by atoms with Crippen molar-refractivity contribution in [2.45, 2.75) is 17.9 Å². The SMILES string of the molecule is Cc1ccc2nc(C(F)(P)C(O)(CN(N)/C=N\N)c3ccc(Cl)cc3F)cnc2c1. The van der Waals surface area contributed by atoms with Gasteiger partial charge in [-0.15, -0.1) is 0 Å². The minimum atomic E-state index is -2.70. The van der Waals surface area contributed by atoms with E-state index in [0.717, 1.165) is 23.0 Å². The lowest BCUT2D eigenvalue weighted by molar-refractivity contribution is -0.0801. The van der Waals surface area contributed by atoms with Crippen LogP contribution in [0.3, 0.4) is 0 Å². The Kier molecular flexibility index (Phi) is 6.19. The lowest BCUT2D eigenvalue weighted by Gasteiger charge is -2.40. The summed E-state index contributed by atoms with van der Waals surface area (Å²) in [7, 11) is 1.89. The van der Waals surface area contributed by atoms with Gasteiger partial charge in [0, 0.05) is 10.6 Å². The summed E-state index contributed by atoms with van der Waals surface area (Å²) in [6.07, 6.45) is 2.15. The summed E-state index contributed by atoms with van der Waals surface area (Å²) < 4.78 is 31.0. The molecule has 7 nitrogen and oxygen atoms in total. The molecule has 0 saturated heterocycles. The zero-order valence-corrected chi connectivity index (χ0v) is 17.8. The fourth-order valence-corrected chi connectivity index (χ4v) is 3.66. The number of rotatable bonds is 6. The maximum absolute atomic E-state index is 16.3. The summed E-state index contributed by atoms with van der Waals surface area (Å²) in [4.78, 5) is 8.53. The number of hydrogen-bond donors (Lipinski definition) is 3. The fourth-order valence-electron chi connectivity index (χ4n) is 3.12. The molecule has 1 heterocycles. The van der Waals surface area contributed by atoms with E-state index in [9.17, 15) is 9.50 Å². The zero-order valence-electron chi connectivity index (χ0n) is 15.9. The molecule has 0 aliphatic carbocycles. The number of alkyl halides is 1. The second-order valence-corrected chi connectivity index (χ2v) is 8.11. The molecule has 5 N–H and O–H groups in total. The van der Waals surface area contributed by atoms with Crippen LogP contribution in [-0.4, -0.2) is 33.0 Å².